The summed E-state index contributed by atoms with van der Waals surface area (Å²) in [7, 11) is 0. The third-order valence-electron chi connectivity index (χ3n) is 3.08. The Morgan fingerprint density at radius 3 is 2.86 bits per heavy atom. The average Bonchev–Trinajstić information content (AvgIpc) is 2.81. The molecule has 3 aromatic heterocycles. The molecule has 0 fully saturated rings. The van der Waals surface area contributed by atoms with Crippen LogP contribution in [0.4, 0.5) is 0 Å². The highest BCUT2D eigenvalue weighted by molar-refractivity contribution is 7.90. The van der Waals surface area contributed by atoms with Gasteiger partial charge in [0.15, 0.2) is 11.5 Å². The number of pyridine rings is 1. The molecule has 1 unspecified atom stereocenters. The Morgan fingerprint density at radius 1 is 1.41 bits per heavy atom. The largest absolute Gasteiger partial charge is 0.609 e. The summed E-state index contributed by atoms with van der Waals surface area (Å²) in [6.45, 7) is 3.97. The summed E-state index contributed by atoms with van der Waals surface area (Å²) >= 11 is -1.34. The normalized spacial score (nSPS) is 12.5. The molecule has 0 aromatic carbocycles. The second-order valence-corrected chi connectivity index (χ2v) is 5.79. The standard InChI is InChI=1S/C14H13N5O2S/c1-3-8-18-13(20)10-9-16-14(22(2)21)17-12(10)19(18)11-6-4-5-7-15-11/h3-7,9H,1,8H2,2H3. The number of hydrogen-bond donors (Lipinski definition) is 0. The van der Waals surface area contributed by atoms with E-state index in [1.165, 1.54) is 17.1 Å². The van der Waals surface area contributed by atoms with Crippen molar-refractivity contribution >= 4 is 22.2 Å². The summed E-state index contributed by atoms with van der Waals surface area (Å²) in [5.41, 5.74) is 0.139. The van der Waals surface area contributed by atoms with E-state index in [0.717, 1.165) is 0 Å². The summed E-state index contributed by atoms with van der Waals surface area (Å²) in [6, 6.07) is 5.37. The molecule has 8 heteroatoms. The van der Waals surface area contributed by atoms with Gasteiger partial charge in [-0.15, -0.1) is 6.58 Å². The number of aromatic nitrogens is 5. The molecule has 7 nitrogen and oxygen atoms in total. The van der Waals surface area contributed by atoms with Crippen molar-refractivity contribution < 1.29 is 4.55 Å². The van der Waals surface area contributed by atoms with Crippen molar-refractivity contribution in [3.8, 4) is 5.82 Å². The minimum absolute atomic E-state index is 0.174. The van der Waals surface area contributed by atoms with Crippen LogP contribution in [0, 0.1) is 0 Å². The molecule has 0 spiro atoms. The highest BCUT2D eigenvalue weighted by Gasteiger charge is 2.19. The summed E-state index contributed by atoms with van der Waals surface area (Å²) in [5, 5.41) is 0.523. The third-order valence-corrected chi connectivity index (χ3v) is 3.79. The molecule has 0 aliphatic rings. The Kier molecular flexibility index (Phi) is 3.78. The molecule has 22 heavy (non-hydrogen) atoms. The van der Waals surface area contributed by atoms with Gasteiger partial charge >= 0.3 is 5.16 Å². The van der Waals surface area contributed by atoms with Gasteiger partial charge in [-0.1, -0.05) is 12.1 Å². The maximum absolute atomic E-state index is 12.5. The molecule has 0 saturated carbocycles. The van der Waals surface area contributed by atoms with E-state index in [1.807, 2.05) is 6.07 Å². The Bertz CT molecular complexity index is 885. The molecular weight excluding hydrogens is 302 g/mol. The maximum Gasteiger partial charge on any atom is 0.344 e. The second-order valence-electron chi connectivity index (χ2n) is 4.52. The minimum atomic E-state index is -1.34. The van der Waals surface area contributed by atoms with Crippen LogP contribution in [-0.2, 0) is 17.7 Å². The number of hydrogen-bond acceptors (Lipinski definition) is 5. The number of rotatable bonds is 4. The predicted molar refractivity (Wildman–Crippen MR) is 83.4 cm³/mol. The first-order chi connectivity index (χ1) is 10.6. The van der Waals surface area contributed by atoms with Crippen LogP contribution in [0.2, 0.25) is 0 Å². The zero-order chi connectivity index (χ0) is 15.7. The van der Waals surface area contributed by atoms with E-state index in [4.69, 9.17) is 0 Å². The van der Waals surface area contributed by atoms with Gasteiger partial charge in [0.05, 0.1) is 12.7 Å². The van der Waals surface area contributed by atoms with Gasteiger partial charge in [-0.3, -0.25) is 4.79 Å². The maximum atomic E-state index is 12.5. The van der Waals surface area contributed by atoms with Gasteiger partial charge in [0, 0.05) is 17.4 Å². The average molecular weight is 315 g/mol. The lowest BCUT2D eigenvalue weighted by Gasteiger charge is -2.09. The number of allylic oxidation sites excluding steroid dienone is 1. The smallest absolute Gasteiger partial charge is 0.344 e. The van der Waals surface area contributed by atoms with E-state index in [1.54, 1.807) is 29.1 Å². The summed E-state index contributed by atoms with van der Waals surface area (Å²) in [4.78, 5) is 25.0. The van der Waals surface area contributed by atoms with E-state index in [9.17, 15) is 9.35 Å². The molecular formula is C14H13N5O2S. The van der Waals surface area contributed by atoms with Crippen LogP contribution >= 0.6 is 0 Å². The quantitative estimate of drug-likeness (QED) is 0.405. The van der Waals surface area contributed by atoms with Crippen LogP contribution in [0.1, 0.15) is 0 Å². The number of nitrogens with zero attached hydrogens (tertiary/aromatic N) is 5. The van der Waals surface area contributed by atoms with Crippen molar-refractivity contribution in [2.45, 2.75) is 11.7 Å². The van der Waals surface area contributed by atoms with Gasteiger partial charge in [0.1, 0.15) is 11.6 Å². The van der Waals surface area contributed by atoms with Crippen LogP contribution in [0.25, 0.3) is 16.9 Å². The minimum Gasteiger partial charge on any atom is -0.609 e. The van der Waals surface area contributed by atoms with E-state index in [0.29, 0.717) is 23.4 Å². The molecule has 1 atom stereocenters. The molecule has 0 aliphatic heterocycles. The summed E-state index contributed by atoms with van der Waals surface area (Å²) < 4.78 is 14.7. The van der Waals surface area contributed by atoms with Crippen molar-refractivity contribution in [1.82, 2.24) is 24.3 Å². The fourth-order valence-electron chi connectivity index (χ4n) is 2.15. The fraction of sp³-hybridized carbons (Fsp3) is 0.143. The lowest BCUT2D eigenvalue weighted by Crippen LogP contribution is -2.22. The first-order valence-corrected chi connectivity index (χ1v) is 8.03. The predicted octanol–water partition coefficient (Wildman–Crippen LogP) is 0.901. The van der Waals surface area contributed by atoms with Gasteiger partial charge in [-0.25, -0.2) is 14.3 Å². The Balaban J connectivity index is 2.39. The van der Waals surface area contributed by atoms with Gasteiger partial charge in [0.2, 0.25) is 0 Å². The van der Waals surface area contributed by atoms with Crippen LogP contribution < -0.4 is 5.56 Å². The molecule has 0 saturated heterocycles. The van der Waals surface area contributed by atoms with Gasteiger partial charge in [-0.05, 0) is 12.1 Å². The van der Waals surface area contributed by atoms with Crippen LogP contribution in [0.5, 0.6) is 0 Å². The van der Waals surface area contributed by atoms with Gasteiger partial charge in [-0.2, -0.15) is 9.97 Å². The highest BCUT2D eigenvalue weighted by atomic mass is 32.2. The summed E-state index contributed by atoms with van der Waals surface area (Å²) in [6.07, 6.45) is 6.14. The van der Waals surface area contributed by atoms with Crippen molar-refractivity contribution in [2.75, 3.05) is 6.26 Å². The Morgan fingerprint density at radius 2 is 2.23 bits per heavy atom. The van der Waals surface area contributed by atoms with Crippen molar-refractivity contribution in [2.24, 2.45) is 0 Å². The molecule has 0 N–H and O–H groups in total. The third kappa shape index (κ3) is 2.32. The fourth-order valence-corrected chi connectivity index (χ4v) is 2.57. The second kappa shape index (κ2) is 5.74. The molecule has 3 rings (SSSR count). The van der Waals surface area contributed by atoms with Crippen molar-refractivity contribution in [1.29, 1.82) is 0 Å². The Labute approximate surface area is 129 Å². The summed E-state index contributed by atoms with van der Waals surface area (Å²) in [5.74, 6) is 0.544. The lowest BCUT2D eigenvalue weighted by atomic mass is 10.4. The molecule has 112 valence electrons. The van der Waals surface area contributed by atoms with Gasteiger partial charge < -0.3 is 4.55 Å². The van der Waals surface area contributed by atoms with E-state index >= 15 is 0 Å². The van der Waals surface area contributed by atoms with Crippen molar-refractivity contribution in [3.63, 3.8) is 0 Å². The molecule has 0 aliphatic carbocycles. The first-order valence-electron chi connectivity index (χ1n) is 6.47. The van der Waals surface area contributed by atoms with E-state index in [2.05, 4.69) is 21.5 Å². The van der Waals surface area contributed by atoms with Gasteiger partial charge in [0.25, 0.3) is 5.56 Å². The molecule has 3 aromatic rings. The molecule has 0 amide bonds. The van der Waals surface area contributed by atoms with Crippen LogP contribution in [-0.4, -0.2) is 35.1 Å². The highest BCUT2D eigenvalue weighted by Crippen LogP contribution is 2.15. The van der Waals surface area contributed by atoms with E-state index in [-0.39, 0.29) is 10.7 Å². The molecule has 0 radical (unpaired) electrons. The Hall–Kier alpha value is -2.45. The van der Waals surface area contributed by atoms with E-state index < -0.39 is 11.2 Å². The zero-order valence-corrected chi connectivity index (χ0v) is 12.7. The lowest BCUT2D eigenvalue weighted by molar-refractivity contribution is 0.587. The van der Waals surface area contributed by atoms with Crippen LogP contribution in [0.15, 0.2) is 53.2 Å². The van der Waals surface area contributed by atoms with Crippen LogP contribution in [0.3, 0.4) is 0 Å². The first kappa shape index (κ1) is 14.5. The topological polar surface area (TPSA) is 88.7 Å². The zero-order valence-electron chi connectivity index (χ0n) is 11.8. The SMILES string of the molecule is C=CCn1c(=O)c2cnc([S+](C)[O-])nc2n1-c1ccccn1. The molecule has 0 bridgehead atoms. The molecule has 3 heterocycles. The number of fused-ring (bicyclic) bond motifs is 1. The van der Waals surface area contributed by atoms with Crippen molar-refractivity contribution in [3.05, 3.63) is 53.6 Å². The monoisotopic (exact) mass is 315 g/mol.